The molecule has 2 saturated carbocycles. The van der Waals surface area contributed by atoms with Crippen molar-refractivity contribution in [3.05, 3.63) is 0 Å². The molecule has 2 heteroatoms. The lowest BCUT2D eigenvalue weighted by atomic mass is 9.63. The summed E-state index contributed by atoms with van der Waals surface area (Å²) in [6, 6.07) is 0. The van der Waals surface area contributed by atoms with Crippen LogP contribution >= 0.6 is 0 Å². The highest BCUT2D eigenvalue weighted by Crippen LogP contribution is 2.41. The van der Waals surface area contributed by atoms with Gasteiger partial charge in [-0.25, -0.2) is 0 Å². The molecular weight excluding hydrogens is 272 g/mol. The molecular formula is C20H42O2. The predicted octanol–water partition coefficient (Wildman–Crippen LogP) is 5.27. The van der Waals surface area contributed by atoms with Crippen molar-refractivity contribution in [1.82, 2.24) is 0 Å². The monoisotopic (exact) mass is 314 g/mol. The molecule has 0 aromatic heterocycles. The van der Waals surface area contributed by atoms with Gasteiger partial charge in [-0.05, 0) is 49.4 Å². The first-order chi connectivity index (χ1) is 10.2. The zero-order valence-corrected chi connectivity index (χ0v) is 16.4. The number of hydrogen-bond acceptors (Lipinski definition) is 2. The molecule has 2 nitrogen and oxygen atoms in total. The highest BCUT2D eigenvalue weighted by molar-refractivity contribution is 4.88. The highest BCUT2D eigenvalue weighted by atomic mass is 16.3. The lowest BCUT2D eigenvalue weighted by Crippen LogP contribution is -2.44. The zero-order valence-electron chi connectivity index (χ0n) is 16.4. The van der Waals surface area contributed by atoms with E-state index in [9.17, 15) is 10.2 Å². The van der Waals surface area contributed by atoms with E-state index in [1.165, 1.54) is 19.3 Å². The van der Waals surface area contributed by atoms with Gasteiger partial charge in [-0.1, -0.05) is 67.7 Å². The molecule has 0 aromatic rings. The topological polar surface area (TPSA) is 40.5 Å². The molecule has 0 radical (unpaired) electrons. The van der Waals surface area contributed by atoms with Crippen LogP contribution in [0.3, 0.4) is 0 Å². The molecule has 0 saturated heterocycles. The third kappa shape index (κ3) is 6.20. The zero-order chi connectivity index (χ0) is 17.5. The van der Waals surface area contributed by atoms with Crippen LogP contribution in [0.25, 0.3) is 0 Å². The summed E-state index contributed by atoms with van der Waals surface area (Å²) in [6.45, 7) is 17.1. The molecule has 2 aliphatic rings. The summed E-state index contributed by atoms with van der Waals surface area (Å²) in [5, 5.41) is 19.3. The number of aliphatic hydroxyl groups excluding tert-OH is 1. The Hall–Kier alpha value is -0.0800. The van der Waals surface area contributed by atoms with E-state index < -0.39 is 0 Å². The van der Waals surface area contributed by atoms with E-state index in [1.54, 1.807) is 0 Å². The Bertz CT molecular complexity index is 221. The lowest BCUT2D eigenvalue weighted by molar-refractivity contribution is -0.0516. The summed E-state index contributed by atoms with van der Waals surface area (Å²) in [4.78, 5) is 0. The maximum atomic E-state index is 9.90. The molecule has 2 unspecified atom stereocenters. The minimum Gasteiger partial charge on any atom is -0.393 e. The van der Waals surface area contributed by atoms with Crippen LogP contribution in [0.1, 0.15) is 87.5 Å². The molecule has 6 atom stereocenters. The van der Waals surface area contributed by atoms with Gasteiger partial charge in [0.25, 0.3) is 0 Å². The van der Waals surface area contributed by atoms with Crippen LogP contribution in [0.4, 0.5) is 0 Å². The third-order valence-corrected chi connectivity index (χ3v) is 6.33. The van der Waals surface area contributed by atoms with Crippen molar-refractivity contribution >= 4 is 0 Å². The van der Waals surface area contributed by atoms with Gasteiger partial charge >= 0.3 is 0 Å². The van der Waals surface area contributed by atoms with Crippen LogP contribution in [0.2, 0.25) is 0 Å². The number of aliphatic hydroxyl groups is 2. The Morgan fingerprint density at radius 1 is 0.682 bits per heavy atom. The van der Waals surface area contributed by atoms with E-state index in [4.69, 9.17) is 0 Å². The van der Waals surface area contributed by atoms with E-state index in [0.717, 1.165) is 18.8 Å². The van der Waals surface area contributed by atoms with Crippen LogP contribution in [0.15, 0.2) is 0 Å². The molecule has 0 bridgehead atoms. The van der Waals surface area contributed by atoms with Crippen molar-refractivity contribution in [1.29, 1.82) is 0 Å². The van der Waals surface area contributed by atoms with E-state index in [-0.39, 0.29) is 11.7 Å². The van der Waals surface area contributed by atoms with E-state index in [1.807, 2.05) is 20.8 Å². The fourth-order valence-corrected chi connectivity index (χ4v) is 3.85. The van der Waals surface area contributed by atoms with E-state index >= 15 is 0 Å². The first kappa shape index (κ1) is 21.9. The molecule has 0 spiro atoms. The van der Waals surface area contributed by atoms with Crippen molar-refractivity contribution in [3.8, 4) is 0 Å². The average molecular weight is 315 g/mol. The Balaban J connectivity index is 0.000000382. The molecule has 0 heterocycles. The minimum absolute atomic E-state index is 0.0915. The van der Waals surface area contributed by atoms with Gasteiger partial charge in [-0.3, -0.25) is 0 Å². The van der Waals surface area contributed by atoms with Crippen molar-refractivity contribution in [3.63, 3.8) is 0 Å². The SMILES string of the molecule is CC.CC1(O)CCCCC1.CC1[C@@H](C)[C@H](C)C(O)[C@@H](C)[C@H]1C. The maximum Gasteiger partial charge on any atom is 0.0619 e. The van der Waals surface area contributed by atoms with E-state index in [2.05, 4.69) is 34.6 Å². The van der Waals surface area contributed by atoms with Crippen molar-refractivity contribution in [2.75, 3.05) is 0 Å². The number of hydrogen-bond donors (Lipinski definition) is 2. The standard InChI is InChI=1S/C11H22O.C7H14O.C2H6/c1-6-7(2)9(4)11(12)10(5)8(6)3;1-7(8)5-3-2-4-6-7;1-2/h6-12H,1-5H3;8H,2-6H2,1H3;1-2H3/t6?,7-,8+,9-,10-,11?;;/m0../s1. The fraction of sp³-hybridized carbons (Fsp3) is 1.00. The van der Waals surface area contributed by atoms with Crippen LogP contribution in [0.5, 0.6) is 0 Å². The second kappa shape index (κ2) is 9.93. The molecule has 2 N–H and O–H groups in total. The molecule has 0 aliphatic heterocycles. The predicted molar refractivity (Wildman–Crippen MR) is 96.9 cm³/mol. The average Bonchev–Trinajstić information content (AvgIpc) is 2.51. The summed E-state index contributed by atoms with van der Waals surface area (Å²) in [5.74, 6) is 2.99. The van der Waals surface area contributed by atoms with E-state index in [0.29, 0.717) is 23.7 Å². The Labute approximate surface area is 139 Å². The Morgan fingerprint density at radius 3 is 1.27 bits per heavy atom. The second-order valence-corrected chi connectivity index (χ2v) is 7.84. The van der Waals surface area contributed by atoms with Gasteiger partial charge in [0.15, 0.2) is 0 Å². The van der Waals surface area contributed by atoms with Gasteiger partial charge in [-0.15, -0.1) is 0 Å². The van der Waals surface area contributed by atoms with Crippen LogP contribution in [-0.4, -0.2) is 21.9 Å². The van der Waals surface area contributed by atoms with Crippen LogP contribution in [-0.2, 0) is 0 Å². The van der Waals surface area contributed by atoms with Gasteiger partial charge < -0.3 is 10.2 Å². The maximum absolute atomic E-state index is 9.90. The Kier molecular flexibility index (Phi) is 9.89. The third-order valence-electron chi connectivity index (χ3n) is 6.33. The molecule has 134 valence electrons. The summed E-state index contributed by atoms with van der Waals surface area (Å²) < 4.78 is 0. The molecule has 2 aliphatic carbocycles. The van der Waals surface area contributed by atoms with Crippen molar-refractivity contribution in [2.45, 2.75) is 99.2 Å². The molecule has 22 heavy (non-hydrogen) atoms. The quantitative estimate of drug-likeness (QED) is 0.639. The summed E-state index contributed by atoms with van der Waals surface area (Å²) >= 11 is 0. The number of rotatable bonds is 0. The van der Waals surface area contributed by atoms with Gasteiger partial charge in [0, 0.05) is 0 Å². The normalized spacial score (nSPS) is 40.6. The fourth-order valence-electron chi connectivity index (χ4n) is 3.85. The van der Waals surface area contributed by atoms with Gasteiger partial charge in [0.2, 0.25) is 0 Å². The second-order valence-electron chi connectivity index (χ2n) is 7.84. The van der Waals surface area contributed by atoms with Crippen LogP contribution < -0.4 is 0 Å². The first-order valence-electron chi connectivity index (χ1n) is 9.58. The van der Waals surface area contributed by atoms with Gasteiger partial charge in [0.1, 0.15) is 0 Å². The van der Waals surface area contributed by atoms with Gasteiger partial charge in [-0.2, -0.15) is 0 Å². The smallest absolute Gasteiger partial charge is 0.0619 e. The molecule has 2 rings (SSSR count). The minimum atomic E-state index is -0.321. The summed E-state index contributed by atoms with van der Waals surface area (Å²) in [6.07, 6.45) is 5.67. The largest absolute Gasteiger partial charge is 0.393 e. The molecule has 0 aromatic carbocycles. The van der Waals surface area contributed by atoms with Crippen molar-refractivity contribution in [2.24, 2.45) is 29.6 Å². The lowest BCUT2D eigenvalue weighted by Gasteiger charge is -2.44. The summed E-state index contributed by atoms with van der Waals surface area (Å²) in [5.41, 5.74) is -0.321. The molecule has 0 amide bonds. The Morgan fingerprint density at radius 2 is 1.00 bits per heavy atom. The first-order valence-corrected chi connectivity index (χ1v) is 9.58. The van der Waals surface area contributed by atoms with Crippen molar-refractivity contribution < 1.29 is 10.2 Å². The summed E-state index contributed by atoms with van der Waals surface area (Å²) in [7, 11) is 0. The van der Waals surface area contributed by atoms with Gasteiger partial charge in [0.05, 0.1) is 11.7 Å². The highest BCUT2D eigenvalue weighted by Gasteiger charge is 2.39. The molecule has 2 fully saturated rings. The van der Waals surface area contributed by atoms with Crippen LogP contribution in [0, 0.1) is 29.6 Å².